The van der Waals surface area contributed by atoms with Crippen molar-refractivity contribution in [2.75, 3.05) is 44.6 Å². The molecule has 0 bridgehead atoms. The molecule has 0 radical (unpaired) electrons. The van der Waals surface area contributed by atoms with Crippen LogP contribution in [0, 0.1) is 11.3 Å². The number of amides is 1. The molecule has 1 heterocycles. The molecule has 0 saturated carbocycles. The van der Waals surface area contributed by atoms with Gasteiger partial charge in [0, 0.05) is 51.2 Å². The van der Waals surface area contributed by atoms with Crippen molar-refractivity contribution < 1.29 is 4.79 Å². The van der Waals surface area contributed by atoms with Crippen molar-refractivity contribution in [2.24, 2.45) is 0 Å². The van der Waals surface area contributed by atoms with Gasteiger partial charge in [0.2, 0.25) is 0 Å². The third-order valence-corrected chi connectivity index (χ3v) is 4.31. The molecule has 1 saturated heterocycles. The normalized spacial score (nSPS) is 15.6. The topological polar surface area (TPSA) is 80.2 Å². The highest BCUT2D eigenvalue weighted by Crippen LogP contribution is 2.25. The number of nitrogens with zero attached hydrogens (tertiary/aromatic N) is 2. The minimum Gasteiger partial charge on any atom is -0.388 e. The summed E-state index contributed by atoms with van der Waals surface area (Å²) in [7, 11) is 0. The molecule has 6 nitrogen and oxygen atoms in total. The molecule has 1 aromatic rings. The summed E-state index contributed by atoms with van der Waals surface area (Å²) in [5.74, 6) is -0.495. The van der Waals surface area contributed by atoms with Crippen LogP contribution < -0.4 is 16.0 Å². The average molecular weight is 368 g/mol. The predicted molar refractivity (Wildman–Crippen MR) is 96.1 cm³/mol. The predicted octanol–water partition coefficient (Wildman–Crippen LogP) is 1.83. The van der Waals surface area contributed by atoms with Crippen LogP contribution in [0.1, 0.15) is 0 Å². The first-order valence-corrected chi connectivity index (χ1v) is 8.39. The second-order valence-corrected chi connectivity index (χ2v) is 6.11. The summed E-state index contributed by atoms with van der Waals surface area (Å²) < 4.78 is 0. The van der Waals surface area contributed by atoms with Crippen molar-refractivity contribution in [1.82, 2.24) is 15.5 Å². The average Bonchev–Trinajstić information content (AvgIpc) is 2.59. The van der Waals surface area contributed by atoms with E-state index in [1.165, 1.54) is 12.3 Å². The Kier molecular flexibility index (Phi) is 7.35. The Bertz CT molecular complexity index is 650. The number of nitriles is 1. The van der Waals surface area contributed by atoms with Gasteiger partial charge in [0.05, 0.1) is 10.0 Å². The Balaban J connectivity index is 1.83. The number of rotatable bonds is 6. The number of carbonyl (C=O) groups is 1. The van der Waals surface area contributed by atoms with Gasteiger partial charge in [0.1, 0.15) is 11.6 Å². The highest BCUT2D eigenvalue weighted by Gasteiger charge is 2.11. The van der Waals surface area contributed by atoms with Gasteiger partial charge in [-0.3, -0.25) is 9.69 Å². The highest BCUT2D eigenvalue weighted by atomic mass is 35.5. The van der Waals surface area contributed by atoms with Crippen LogP contribution in [0.5, 0.6) is 0 Å². The van der Waals surface area contributed by atoms with Gasteiger partial charge < -0.3 is 16.0 Å². The van der Waals surface area contributed by atoms with Gasteiger partial charge in [0.15, 0.2) is 0 Å². The number of anilines is 1. The Morgan fingerprint density at radius 2 is 2.08 bits per heavy atom. The fourth-order valence-corrected chi connectivity index (χ4v) is 2.55. The Hall–Kier alpha value is -1.78. The summed E-state index contributed by atoms with van der Waals surface area (Å²) in [4.78, 5) is 14.4. The minimum absolute atomic E-state index is 0.00128. The van der Waals surface area contributed by atoms with Gasteiger partial charge in [-0.15, -0.1) is 0 Å². The van der Waals surface area contributed by atoms with E-state index in [1.807, 2.05) is 6.07 Å². The second-order valence-electron chi connectivity index (χ2n) is 5.30. The molecule has 1 aliphatic heterocycles. The van der Waals surface area contributed by atoms with Crippen molar-refractivity contribution >= 4 is 34.8 Å². The van der Waals surface area contributed by atoms with Crippen LogP contribution in [0.15, 0.2) is 30.0 Å². The maximum atomic E-state index is 12.1. The first-order chi connectivity index (χ1) is 11.6. The summed E-state index contributed by atoms with van der Waals surface area (Å²) in [5.41, 5.74) is 0.484. The molecule has 1 aliphatic rings. The molecule has 0 unspecified atom stereocenters. The molecule has 0 aromatic heterocycles. The molecular formula is C16H19Cl2N5O. The van der Waals surface area contributed by atoms with Crippen LogP contribution >= 0.6 is 23.2 Å². The van der Waals surface area contributed by atoms with Crippen LogP contribution in [0.4, 0.5) is 5.69 Å². The van der Waals surface area contributed by atoms with Crippen LogP contribution in [0.2, 0.25) is 10.0 Å². The monoisotopic (exact) mass is 367 g/mol. The lowest BCUT2D eigenvalue weighted by atomic mass is 10.2. The molecule has 2 rings (SSSR count). The molecular weight excluding hydrogens is 349 g/mol. The van der Waals surface area contributed by atoms with Crippen LogP contribution in [-0.2, 0) is 4.79 Å². The molecule has 0 atom stereocenters. The van der Waals surface area contributed by atoms with E-state index in [0.29, 0.717) is 22.3 Å². The zero-order chi connectivity index (χ0) is 17.4. The number of carbonyl (C=O) groups excluding carboxylic acids is 1. The molecule has 1 amide bonds. The number of nitrogens with one attached hydrogen (secondary N) is 3. The standard InChI is InChI=1S/C16H19Cl2N5O/c17-14-2-1-13(9-15(14)18)22-16(24)12(10-19)11-21-5-8-23-6-3-20-4-7-23/h1-2,9,11,20-21H,3-8H2,(H,22,24)/b12-11-. The van der Waals surface area contributed by atoms with E-state index in [4.69, 9.17) is 28.5 Å². The number of halogens is 2. The molecule has 24 heavy (non-hydrogen) atoms. The van der Waals surface area contributed by atoms with Gasteiger partial charge in [-0.1, -0.05) is 23.2 Å². The molecule has 1 fully saturated rings. The molecule has 1 aromatic carbocycles. The Morgan fingerprint density at radius 1 is 1.33 bits per heavy atom. The molecule has 128 valence electrons. The first kappa shape index (κ1) is 18.6. The summed E-state index contributed by atoms with van der Waals surface area (Å²) in [6.45, 7) is 5.54. The van der Waals surface area contributed by atoms with Crippen molar-refractivity contribution in [1.29, 1.82) is 5.26 Å². The van der Waals surface area contributed by atoms with Crippen LogP contribution in [-0.4, -0.2) is 50.1 Å². The summed E-state index contributed by atoms with van der Waals surface area (Å²) >= 11 is 11.7. The van der Waals surface area contributed by atoms with E-state index < -0.39 is 5.91 Å². The van der Waals surface area contributed by atoms with Crippen molar-refractivity contribution in [3.05, 3.63) is 40.0 Å². The third-order valence-electron chi connectivity index (χ3n) is 3.57. The SMILES string of the molecule is N#C/C(=C/NCCN1CCNCC1)C(=O)Nc1ccc(Cl)c(Cl)c1. The first-order valence-electron chi connectivity index (χ1n) is 7.63. The number of benzene rings is 1. The van der Waals surface area contributed by atoms with Crippen molar-refractivity contribution in [2.45, 2.75) is 0 Å². The Morgan fingerprint density at radius 3 is 2.75 bits per heavy atom. The van der Waals surface area contributed by atoms with Gasteiger partial charge >= 0.3 is 0 Å². The van der Waals surface area contributed by atoms with Gasteiger partial charge in [0.25, 0.3) is 5.91 Å². The largest absolute Gasteiger partial charge is 0.388 e. The molecule has 3 N–H and O–H groups in total. The fourth-order valence-electron chi connectivity index (χ4n) is 2.25. The van der Waals surface area contributed by atoms with E-state index >= 15 is 0 Å². The lowest BCUT2D eigenvalue weighted by Gasteiger charge is -2.26. The van der Waals surface area contributed by atoms with E-state index in [2.05, 4.69) is 20.9 Å². The quantitative estimate of drug-likeness (QED) is 0.406. The third kappa shape index (κ3) is 5.69. The smallest absolute Gasteiger partial charge is 0.267 e. The van der Waals surface area contributed by atoms with Gasteiger partial charge in [-0.2, -0.15) is 5.26 Å². The minimum atomic E-state index is -0.495. The van der Waals surface area contributed by atoms with Crippen LogP contribution in [0.25, 0.3) is 0 Å². The lowest BCUT2D eigenvalue weighted by Crippen LogP contribution is -2.45. The van der Waals surface area contributed by atoms with Crippen molar-refractivity contribution in [3.8, 4) is 6.07 Å². The van der Waals surface area contributed by atoms with E-state index in [0.717, 1.165) is 32.7 Å². The Labute approximate surface area is 151 Å². The maximum absolute atomic E-state index is 12.1. The van der Waals surface area contributed by atoms with E-state index in [9.17, 15) is 4.79 Å². The summed E-state index contributed by atoms with van der Waals surface area (Å²) in [6.07, 6.45) is 1.44. The second kappa shape index (κ2) is 9.50. The lowest BCUT2D eigenvalue weighted by molar-refractivity contribution is -0.112. The van der Waals surface area contributed by atoms with E-state index in [-0.39, 0.29) is 5.57 Å². The molecule has 8 heteroatoms. The fraction of sp³-hybridized carbons (Fsp3) is 0.375. The van der Waals surface area contributed by atoms with Crippen molar-refractivity contribution in [3.63, 3.8) is 0 Å². The maximum Gasteiger partial charge on any atom is 0.267 e. The summed E-state index contributed by atoms with van der Waals surface area (Å²) in [6, 6.07) is 6.63. The number of hydrogen-bond acceptors (Lipinski definition) is 5. The van der Waals surface area contributed by atoms with Crippen LogP contribution in [0.3, 0.4) is 0 Å². The molecule has 0 spiro atoms. The van der Waals surface area contributed by atoms with Gasteiger partial charge in [-0.05, 0) is 18.2 Å². The van der Waals surface area contributed by atoms with E-state index in [1.54, 1.807) is 12.1 Å². The summed E-state index contributed by atoms with van der Waals surface area (Å²) in [5, 5.41) is 18.8. The number of hydrogen-bond donors (Lipinski definition) is 3. The zero-order valence-corrected chi connectivity index (χ0v) is 14.6. The molecule has 0 aliphatic carbocycles. The number of piperazine rings is 1. The van der Waals surface area contributed by atoms with Gasteiger partial charge in [-0.25, -0.2) is 0 Å². The highest BCUT2D eigenvalue weighted by molar-refractivity contribution is 6.42. The zero-order valence-electron chi connectivity index (χ0n) is 13.1.